The maximum Gasteiger partial charge on any atom is 0.264 e. The van der Waals surface area contributed by atoms with Gasteiger partial charge in [-0.15, -0.1) is 0 Å². The summed E-state index contributed by atoms with van der Waals surface area (Å²) in [5.41, 5.74) is 0.548. The van der Waals surface area contributed by atoms with Crippen LogP contribution in [-0.4, -0.2) is 40.3 Å². The van der Waals surface area contributed by atoms with Crippen LogP contribution in [0.4, 0.5) is 0 Å². The van der Waals surface area contributed by atoms with Gasteiger partial charge in [0.25, 0.3) is 5.56 Å². The van der Waals surface area contributed by atoms with E-state index in [0.717, 1.165) is 31.5 Å². The third kappa shape index (κ3) is 2.47. The molecule has 3 unspecified atom stereocenters. The Morgan fingerprint density at radius 1 is 1.55 bits per heavy atom. The van der Waals surface area contributed by atoms with Gasteiger partial charge in [0.2, 0.25) is 5.91 Å². The molecule has 6 nitrogen and oxygen atoms in total. The maximum absolute atomic E-state index is 12.5. The molecule has 3 rings (SSSR count). The zero-order valence-electron chi connectivity index (χ0n) is 11.5. The molecular weight excluding hydrogens is 258 g/mol. The molecule has 1 aliphatic heterocycles. The second-order valence-corrected chi connectivity index (χ2v) is 5.37. The first-order valence-electron chi connectivity index (χ1n) is 7.18. The van der Waals surface area contributed by atoms with Crippen LogP contribution in [-0.2, 0) is 9.53 Å². The first-order valence-corrected chi connectivity index (χ1v) is 7.18. The molecule has 1 saturated carbocycles. The van der Waals surface area contributed by atoms with Crippen LogP contribution >= 0.6 is 0 Å². The first kappa shape index (κ1) is 13.3. The number of aromatic nitrogens is 2. The van der Waals surface area contributed by atoms with Crippen molar-refractivity contribution in [1.29, 1.82) is 0 Å². The number of carbonyl (C=O) groups excluding carboxylic acids is 1. The van der Waals surface area contributed by atoms with Crippen LogP contribution < -0.4 is 5.56 Å². The minimum absolute atomic E-state index is 0.0118. The third-order valence-corrected chi connectivity index (χ3v) is 4.01. The predicted molar refractivity (Wildman–Crippen MR) is 72.1 cm³/mol. The molecule has 0 bridgehead atoms. The summed E-state index contributed by atoms with van der Waals surface area (Å²) in [6.07, 6.45) is 2.80. The summed E-state index contributed by atoms with van der Waals surface area (Å²) < 4.78 is 5.49. The molecule has 6 heteroatoms. The maximum atomic E-state index is 12.5. The van der Waals surface area contributed by atoms with E-state index in [4.69, 9.17) is 4.74 Å². The van der Waals surface area contributed by atoms with Crippen LogP contribution in [0.1, 0.15) is 37.9 Å². The average Bonchev–Trinajstić information content (AvgIpc) is 3.04. The van der Waals surface area contributed by atoms with Crippen molar-refractivity contribution in [3.8, 4) is 0 Å². The van der Waals surface area contributed by atoms with Crippen LogP contribution in [0.5, 0.6) is 0 Å². The van der Waals surface area contributed by atoms with E-state index in [0.29, 0.717) is 6.61 Å². The first-order chi connectivity index (χ1) is 9.70. The highest BCUT2D eigenvalue weighted by Gasteiger charge is 2.48. The molecule has 0 radical (unpaired) electrons. The number of nitrogens with zero attached hydrogens (tertiary/aromatic N) is 2. The third-order valence-electron chi connectivity index (χ3n) is 4.01. The molecule has 1 amide bonds. The smallest absolute Gasteiger partial charge is 0.264 e. The van der Waals surface area contributed by atoms with Gasteiger partial charge in [0, 0.05) is 19.2 Å². The number of ether oxygens (including phenoxy) is 1. The highest BCUT2D eigenvalue weighted by atomic mass is 16.5. The number of H-pyrrole nitrogens is 1. The molecule has 1 saturated heterocycles. The van der Waals surface area contributed by atoms with Crippen molar-refractivity contribution in [3.05, 3.63) is 28.2 Å². The van der Waals surface area contributed by atoms with Gasteiger partial charge in [-0.1, -0.05) is 0 Å². The molecule has 1 N–H and O–H groups in total. The fourth-order valence-corrected chi connectivity index (χ4v) is 2.92. The van der Waals surface area contributed by atoms with Gasteiger partial charge in [-0.25, -0.2) is 5.10 Å². The molecule has 0 spiro atoms. The van der Waals surface area contributed by atoms with Gasteiger partial charge in [0.15, 0.2) is 0 Å². The predicted octanol–water partition coefficient (Wildman–Crippen LogP) is 0.858. The largest absolute Gasteiger partial charge is 0.378 e. The van der Waals surface area contributed by atoms with Crippen molar-refractivity contribution in [1.82, 2.24) is 15.1 Å². The van der Waals surface area contributed by atoms with Gasteiger partial charge in [-0.2, -0.15) is 5.10 Å². The molecule has 20 heavy (non-hydrogen) atoms. The second kappa shape index (κ2) is 5.36. The highest BCUT2D eigenvalue weighted by Crippen LogP contribution is 2.40. The van der Waals surface area contributed by atoms with Crippen molar-refractivity contribution in [2.24, 2.45) is 5.92 Å². The zero-order chi connectivity index (χ0) is 14.1. The van der Waals surface area contributed by atoms with E-state index < -0.39 is 0 Å². The van der Waals surface area contributed by atoms with Crippen molar-refractivity contribution in [2.75, 3.05) is 13.2 Å². The van der Waals surface area contributed by atoms with Crippen LogP contribution in [0.15, 0.2) is 16.9 Å². The number of carbonyl (C=O) groups is 1. The van der Waals surface area contributed by atoms with Crippen molar-refractivity contribution < 1.29 is 9.53 Å². The summed E-state index contributed by atoms with van der Waals surface area (Å²) in [5.74, 6) is 0.178. The Labute approximate surface area is 117 Å². The number of amides is 1. The molecule has 1 aliphatic carbocycles. The number of rotatable bonds is 4. The van der Waals surface area contributed by atoms with Gasteiger partial charge in [0.1, 0.15) is 0 Å². The van der Waals surface area contributed by atoms with Gasteiger partial charge in [0.05, 0.1) is 23.8 Å². The summed E-state index contributed by atoms with van der Waals surface area (Å²) in [6, 6.07) is 3.16. The number of hydrogen-bond donors (Lipinski definition) is 1. The van der Waals surface area contributed by atoms with Gasteiger partial charge < -0.3 is 9.64 Å². The lowest BCUT2D eigenvalue weighted by molar-refractivity contribution is -0.134. The topological polar surface area (TPSA) is 75.3 Å². The fraction of sp³-hybridized carbons (Fsp3) is 0.643. The second-order valence-electron chi connectivity index (χ2n) is 5.37. The van der Waals surface area contributed by atoms with E-state index in [1.807, 2.05) is 11.8 Å². The summed E-state index contributed by atoms with van der Waals surface area (Å²) in [6.45, 7) is 3.36. The zero-order valence-corrected chi connectivity index (χ0v) is 11.5. The monoisotopic (exact) mass is 277 g/mol. The van der Waals surface area contributed by atoms with Crippen LogP contribution in [0, 0.1) is 5.92 Å². The molecule has 0 aromatic carbocycles. The van der Waals surface area contributed by atoms with Crippen LogP contribution in [0.3, 0.4) is 0 Å². The van der Waals surface area contributed by atoms with Gasteiger partial charge in [-0.05, 0) is 32.3 Å². The summed E-state index contributed by atoms with van der Waals surface area (Å²) in [4.78, 5) is 25.5. The van der Waals surface area contributed by atoms with Crippen molar-refractivity contribution in [3.63, 3.8) is 0 Å². The molecule has 2 fully saturated rings. The molecule has 1 aromatic heterocycles. The molecule has 2 heterocycles. The van der Waals surface area contributed by atoms with E-state index in [-0.39, 0.29) is 29.5 Å². The standard InChI is InChI=1S/C14H19N3O3/c1-2-20-12-8-9(12)14(19)17-7-3-4-11(17)10-5-6-13(18)16-15-10/h5-6,9,11-12H,2-4,7-8H2,1H3,(H,16,18). The quantitative estimate of drug-likeness (QED) is 0.885. The Morgan fingerprint density at radius 3 is 3.10 bits per heavy atom. The van der Waals surface area contributed by atoms with Gasteiger partial charge >= 0.3 is 0 Å². The lowest BCUT2D eigenvalue weighted by Gasteiger charge is -2.24. The minimum Gasteiger partial charge on any atom is -0.378 e. The van der Waals surface area contributed by atoms with Crippen molar-refractivity contribution in [2.45, 2.75) is 38.3 Å². The minimum atomic E-state index is -0.219. The van der Waals surface area contributed by atoms with E-state index >= 15 is 0 Å². The summed E-state index contributed by atoms with van der Waals surface area (Å²) in [5, 5.41) is 6.51. The normalized spacial score (nSPS) is 28.6. The Morgan fingerprint density at radius 2 is 2.40 bits per heavy atom. The summed E-state index contributed by atoms with van der Waals surface area (Å²) >= 11 is 0. The molecular formula is C14H19N3O3. The number of aromatic amines is 1. The fourth-order valence-electron chi connectivity index (χ4n) is 2.92. The SMILES string of the molecule is CCOC1CC1C(=O)N1CCCC1c1ccc(=O)[nH]n1. The highest BCUT2D eigenvalue weighted by molar-refractivity contribution is 5.82. The number of nitrogens with one attached hydrogen (secondary N) is 1. The lowest BCUT2D eigenvalue weighted by Crippen LogP contribution is -2.33. The Bertz CT molecular complexity index is 536. The molecule has 3 atom stereocenters. The molecule has 1 aromatic rings. The Kier molecular flexibility index (Phi) is 3.56. The Hall–Kier alpha value is -1.69. The number of likely N-dealkylation sites (tertiary alicyclic amines) is 1. The lowest BCUT2D eigenvalue weighted by atomic mass is 10.1. The van der Waals surface area contributed by atoms with E-state index in [2.05, 4.69) is 10.2 Å². The van der Waals surface area contributed by atoms with E-state index in [1.165, 1.54) is 6.07 Å². The molecule has 2 aliphatic rings. The van der Waals surface area contributed by atoms with E-state index in [9.17, 15) is 9.59 Å². The van der Waals surface area contributed by atoms with Gasteiger partial charge in [-0.3, -0.25) is 9.59 Å². The van der Waals surface area contributed by atoms with Crippen LogP contribution in [0.25, 0.3) is 0 Å². The number of hydrogen-bond acceptors (Lipinski definition) is 4. The van der Waals surface area contributed by atoms with Crippen molar-refractivity contribution >= 4 is 5.91 Å². The summed E-state index contributed by atoms with van der Waals surface area (Å²) in [7, 11) is 0. The van der Waals surface area contributed by atoms with E-state index in [1.54, 1.807) is 6.07 Å². The van der Waals surface area contributed by atoms with Crippen LogP contribution in [0.2, 0.25) is 0 Å². The molecule has 108 valence electrons. The Balaban J connectivity index is 1.71. The average molecular weight is 277 g/mol.